The topological polar surface area (TPSA) is 42.4 Å². The summed E-state index contributed by atoms with van der Waals surface area (Å²) >= 11 is 0. The van der Waals surface area contributed by atoms with E-state index in [1.165, 1.54) is 0 Å². The monoisotopic (exact) mass is 256 g/mol. The van der Waals surface area contributed by atoms with Gasteiger partial charge in [-0.25, -0.2) is 4.79 Å². The Morgan fingerprint density at radius 1 is 1.16 bits per heavy atom. The maximum Gasteiger partial charge on any atom is 0.410 e. The lowest BCUT2D eigenvalue weighted by Gasteiger charge is -2.17. The zero-order valence-electron chi connectivity index (χ0n) is 10.8. The molecule has 4 heteroatoms. The van der Waals surface area contributed by atoms with E-state index in [1.54, 1.807) is 24.3 Å². The van der Waals surface area contributed by atoms with Crippen LogP contribution in [0.25, 0.3) is 0 Å². The maximum atomic E-state index is 11.8. The van der Waals surface area contributed by atoms with Crippen LogP contribution >= 0.6 is 0 Å². The number of ether oxygens (including phenoxy) is 1. The van der Waals surface area contributed by atoms with Crippen molar-refractivity contribution in [3.8, 4) is 0 Å². The van der Waals surface area contributed by atoms with E-state index in [0.29, 0.717) is 6.54 Å². The van der Waals surface area contributed by atoms with E-state index in [1.807, 2.05) is 42.5 Å². The molecule has 0 aliphatic heterocycles. The molecule has 0 radical (unpaired) electrons. The van der Waals surface area contributed by atoms with Crippen LogP contribution in [0.15, 0.2) is 54.9 Å². The van der Waals surface area contributed by atoms with Gasteiger partial charge >= 0.3 is 6.09 Å². The first-order chi connectivity index (χ1) is 9.25. The number of carbonyl (C=O) groups excluding carboxylic acids is 1. The third-order valence-electron chi connectivity index (χ3n) is 2.66. The van der Waals surface area contributed by atoms with Crippen molar-refractivity contribution in [2.24, 2.45) is 0 Å². The van der Waals surface area contributed by atoms with Crippen LogP contribution in [-0.2, 0) is 17.9 Å². The molecule has 1 heterocycles. The Morgan fingerprint density at radius 3 is 2.58 bits per heavy atom. The first kappa shape index (κ1) is 13.1. The standard InChI is InChI=1S/C15H16N2O2/c1-17(11-13-6-3-2-4-7-13)15(18)19-12-14-8-5-9-16-10-14/h2-10H,11-12H2,1H3. The van der Waals surface area contributed by atoms with Gasteiger partial charge in [-0.3, -0.25) is 4.98 Å². The van der Waals surface area contributed by atoms with Gasteiger partial charge in [0.05, 0.1) is 0 Å². The van der Waals surface area contributed by atoms with Crippen LogP contribution in [0.3, 0.4) is 0 Å². The van der Waals surface area contributed by atoms with Crippen molar-refractivity contribution in [3.05, 3.63) is 66.0 Å². The van der Waals surface area contributed by atoms with Crippen LogP contribution in [0.5, 0.6) is 0 Å². The molecule has 1 amide bonds. The highest BCUT2D eigenvalue weighted by molar-refractivity contribution is 5.67. The molecule has 0 fully saturated rings. The lowest BCUT2D eigenvalue weighted by Crippen LogP contribution is -2.26. The third kappa shape index (κ3) is 4.10. The molecular formula is C15H16N2O2. The second-order valence-electron chi connectivity index (χ2n) is 4.26. The summed E-state index contributed by atoms with van der Waals surface area (Å²) in [5, 5.41) is 0. The minimum absolute atomic E-state index is 0.242. The van der Waals surface area contributed by atoms with Crippen molar-refractivity contribution < 1.29 is 9.53 Å². The highest BCUT2D eigenvalue weighted by atomic mass is 16.6. The zero-order valence-corrected chi connectivity index (χ0v) is 10.8. The normalized spacial score (nSPS) is 9.95. The smallest absolute Gasteiger partial charge is 0.410 e. The van der Waals surface area contributed by atoms with Crippen LogP contribution in [0.2, 0.25) is 0 Å². The Labute approximate surface area is 112 Å². The van der Waals surface area contributed by atoms with Crippen molar-refractivity contribution in [2.45, 2.75) is 13.2 Å². The van der Waals surface area contributed by atoms with Crippen molar-refractivity contribution >= 4 is 6.09 Å². The molecule has 0 spiro atoms. The summed E-state index contributed by atoms with van der Waals surface area (Å²) in [4.78, 5) is 17.3. The third-order valence-corrected chi connectivity index (χ3v) is 2.66. The van der Waals surface area contributed by atoms with Gasteiger partial charge in [0.1, 0.15) is 6.61 Å². The summed E-state index contributed by atoms with van der Waals surface area (Å²) in [7, 11) is 1.72. The SMILES string of the molecule is CN(Cc1ccccc1)C(=O)OCc1cccnc1. The molecule has 0 saturated carbocycles. The van der Waals surface area contributed by atoms with Gasteiger partial charge in [0.25, 0.3) is 0 Å². The number of pyridine rings is 1. The summed E-state index contributed by atoms with van der Waals surface area (Å²) in [5.41, 5.74) is 1.95. The summed E-state index contributed by atoms with van der Waals surface area (Å²) < 4.78 is 5.21. The van der Waals surface area contributed by atoms with Gasteiger partial charge in [0.15, 0.2) is 0 Å². The zero-order chi connectivity index (χ0) is 13.5. The summed E-state index contributed by atoms with van der Waals surface area (Å²) in [6.07, 6.45) is 3.03. The number of rotatable bonds is 4. The first-order valence-corrected chi connectivity index (χ1v) is 6.06. The molecular weight excluding hydrogens is 240 g/mol. The largest absolute Gasteiger partial charge is 0.444 e. The highest BCUT2D eigenvalue weighted by Crippen LogP contribution is 2.05. The minimum atomic E-state index is -0.340. The fourth-order valence-corrected chi connectivity index (χ4v) is 1.66. The quantitative estimate of drug-likeness (QED) is 0.844. The van der Waals surface area contributed by atoms with Crippen LogP contribution in [0.1, 0.15) is 11.1 Å². The molecule has 19 heavy (non-hydrogen) atoms. The Morgan fingerprint density at radius 2 is 1.89 bits per heavy atom. The number of hydrogen-bond donors (Lipinski definition) is 0. The number of carbonyl (C=O) groups is 1. The lowest BCUT2D eigenvalue weighted by atomic mass is 10.2. The summed E-state index contributed by atoms with van der Waals surface area (Å²) in [6, 6.07) is 13.5. The molecule has 4 nitrogen and oxygen atoms in total. The average Bonchev–Trinajstić information content (AvgIpc) is 2.47. The van der Waals surface area contributed by atoms with Gasteiger partial charge in [-0.1, -0.05) is 36.4 Å². The molecule has 0 atom stereocenters. The number of benzene rings is 1. The molecule has 0 unspecified atom stereocenters. The van der Waals surface area contributed by atoms with E-state index in [2.05, 4.69) is 4.98 Å². The van der Waals surface area contributed by atoms with E-state index < -0.39 is 0 Å². The lowest BCUT2D eigenvalue weighted by molar-refractivity contribution is 0.102. The molecule has 0 N–H and O–H groups in total. The molecule has 0 bridgehead atoms. The Bertz CT molecular complexity index is 514. The molecule has 2 rings (SSSR count). The van der Waals surface area contributed by atoms with Crippen LogP contribution in [0.4, 0.5) is 4.79 Å². The molecule has 98 valence electrons. The molecule has 0 saturated heterocycles. The van der Waals surface area contributed by atoms with Gasteiger partial charge in [0.2, 0.25) is 0 Å². The van der Waals surface area contributed by atoms with Gasteiger partial charge in [-0.2, -0.15) is 0 Å². The van der Waals surface area contributed by atoms with E-state index in [0.717, 1.165) is 11.1 Å². The van der Waals surface area contributed by atoms with E-state index in [9.17, 15) is 4.79 Å². The predicted octanol–water partition coefficient (Wildman–Crippen LogP) is 2.85. The van der Waals surface area contributed by atoms with Crippen molar-refractivity contribution in [1.29, 1.82) is 0 Å². The summed E-state index contributed by atoms with van der Waals surface area (Å²) in [5.74, 6) is 0. The Kier molecular flexibility index (Phi) is 4.50. The van der Waals surface area contributed by atoms with Gasteiger partial charge in [0, 0.05) is 31.5 Å². The van der Waals surface area contributed by atoms with Gasteiger partial charge in [-0.15, -0.1) is 0 Å². The van der Waals surface area contributed by atoms with Crippen LogP contribution < -0.4 is 0 Å². The molecule has 0 aliphatic rings. The van der Waals surface area contributed by atoms with Crippen molar-refractivity contribution in [2.75, 3.05) is 7.05 Å². The number of aromatic nitrogens is 1. The average molecular weight is 256 g/mol. The van der Waals surface area contributed by atoms with Crippen molar-refractivity contribution in [1.82, 2.24) is 9.88 Å². The fourth-order valence-electron chi connectivity index (χ4n) is 1.66. The first-order valence-electron chi connectivity index (χ1n) is 6.06. The van der Waals surface area contributed by atoms with Gasteiger partial charge < -0.3 is 9.64 Å². The fraction of sp³-hybridized carbons (Fsp3) is 0.200. The Balaban J connectivity index is 1.83. The van der Waals surface area contributed by atoms with E-state index >= 15 is 0 Å². The predicted molar refractivity (Wildman–Crippen MR) is 72.3 cm³/mol. The number of amides is 1. The van der Waals surface area contributed by atoms with Crippen LogP contribution in [0, 0.1) is 0 Å². The molecule has 1 aromatic carbocycles. The minimum Gasteiger partial charge on any atom is -0.444 e. The maximum absolute atomic E-state index is 11.8. The molecule has 2 aromatic rings. The molecule has 1 aromatic heterocycles. The number of nitrogens with zero attached hydrogens (tertiary/aromatic N) is 2. The number of hydrogen-bond acceptors (Lipinski definition) is 3. The second kappa shape index (κ2) is 6.54. The molecule has 0 aliphatic carbocycles. The Hall–Kier alpha value is -2.36. The summed E-state index contributed by atoms with van der Waals surface area (Å²) in [6.45, 7) is 0.776. The van der Waals surface area contributed by atoms with Crippen LogP contribution in [-0.4, -0.2) is 23.0 Å². The van der Waals surface area contributed by atoms with Crippen molar-refractivity contribution in [3.63, 3.8) is 0 Å². The van der Waals surface area contributed by atoms with Gasteiger partial charge in [-0.05, 0) is 11.6 Å². The van der Waals surface area contributed by atoms with E-state index in [4.69, 9.17) is 4.74 Å². The second-order valence-corrected chi connectivity index (χ2v) is 4.26. The van der Waals surface area contributed by atoms with E-state index in [-0.39, 0.29) is 12.7 Å². The highest BCUT2D eigenvalue weighted by Gasteiger charge is 2.10.